The standard InChI is InChI=1S/C21H23NO5S/c1-14(23)22-18-12-16(7-10-20(18)28-3)19(24)13-27-21(25)11-6-15-4-8-17(26-2)9-5-15/h4-5,7-10,12H,6,11,13H2,1-3H3,(H,22,23). The minimum atomic E-state index is -0.438. The molecule has 0 aliphatic carbocycles. The summed E-state index contributed by atoms with van der Waals surface area (Å²) in [7, 11) is 1.59. The van der Waals surface area contributed by atoms with E-state index in [1.807, 2.05) is 30.5 Å². The number of benzene rings is 2. The number of Topliss-reactive ketones (excluding diaryl/α,β-unsaturated/α-hetero) is 1. The molecule has 0 aromatic heterocycles. The van der Waals surface area contributed by atoms with Crippen LogP contribution in [0.4, 0.5) is 5.69 Å². The Morgan fingerprint density at radius 1 is 1.07 bits per heavy atom. The van der Waals surface area contributed by atoms with Gasteiger partial charge in [0.25, 0.3) is 0 Å². The van der Waals surface area contributed by atoms with Gasteiger partial charge in [-0.1, -0.05) is 18.2 Å². The number of carbonyl (C=O) groups excluding carboxylic acids is 3. The van der Waals surface area contributed by atoms with Crippen LogP contribution in [0.15, 0.2) is 47.4 Å². The molecule has 148 valence electrons. The van der Waals surface area contributed by atoms with Crippen molar-refractivity contribution in [3.05, 3.63) is 53.6 Å². The lowest BCUT2D eigenvalue weighted by Crippen LogP contribution is -2.15. The summed E-state index contributed by atoms with van der Waals surface area (Å²) in [6.07, 6.45) is 2.58. The Kier molecular flexibility index (Phi) is 8.07. The molecular weight excluding hydrogens is 378 g/mol. The Balaban J connectivity index is 1.88. The third-order valence-electron chi connectivity index (χ3n) is 3.97. The summed E-state index contributed by atoms with van der Waals surface area (Å²) in [5.41, 5.74) is 1.93. The van der Waals surface area contributed by atoms with E-state index in [9.17, 15) is 14.4 Å². The number of ketones is 1. The van der Waals surface area contributed by atoms with Gasteiger partial charge < -0.3 is 14.8 Å². The zero-order valence-electron chi connectivity index (χ0n) is 16.1. The van der Waals surface area contributed by atoms with Crippen molar-refractivity contribution >= 4 is 35.1 Å². The van der Waals surface area contributed by atoms with Crippen molar-refractivity contribution in [2.45, 2.75) is 24.7 Å². The largest absolute Gasteiger partial charge is 0.497 e. The van der Waals surface area contributed by atoms with Gasteiger partial charge in [-0.25, -0.2) is 0 Å². The monoisotopic (exact) mass is 401 g/mol. The summed E-state index contributed by atoms with van der Waals surface area (Å²) >= 11 is 1.46. The molecule has 0 atom stereocenters. The fourth-order valence-corrected chi connectivity index (χ4v) is 3.04. The van der Waals surface area contributed by atoms with Gasteiger partial charge in [0.05, 0.1) is 12.8 Å². The highest BCUT2D eigenvalue weighted by atomic mass is 32.2. The van der Waals surface area contributed by atoms with E-state index in [1.54, 1.807) is 25.3 Å². The number of hydrogen-bond donors (Lipinski definition) is 1. The lowest BCUT2D eigenvalue weighted by molar-refractivity contribution is -0.142. The maximum absolute atomic E-state index is 12.3. The van der Waals surface area contributed by atoms with Crippen LogP contribution in [0.25, 0.3) is 0 Å². The number of esters is 1. The molecule has 28 heavy (non-hydrogen) atoms. The van der Waals surface area contributed by atoms with Crippen molar-refractivity contribution in [3.8, 4) is 5.75 Å². The Morgan fingerprint density at radius 3 is 2.39 bits per heavy atom. The smallest absolute Gasteiger partial charge is 0.306 e. The van der Waals surface area contributed by atoms with E-state index in [-0.39, 0.29) is 24.7 Å². The Hall–Kier alpha value is -2.80. The van der Waals surface area contributed by atoms with Crippen LogP contribution in [0.5, 0.6) is 5.75 Å². The normalized spacial score (nSPS) is 10.2. The van der Waals surface area contributed by atoms with Crippen molar-refractivity contribution in [3.63, 3.8) is 0 Å². The van der Waals surface area contributed by atoms with E-state index < -0.39 is 5.97 Å². The van der Waals surface area contributed by atoms with E-state index >= 15 is 0 Å². The lowest BCUT2D eigenvalue weighted by atomic mass is 10.1. The molecule has 0 radical (unpaired) electrons. The van der Waals surface area contributed by atoms with E-state index in [4.69, 9.17) is 9.47 Å². The van der Waals surface area contributed by atoms with Gasteiger partial charge in [-0.05, 0) is 42.5 Å². The number of hydrogen-bond acceptors (Lipinski definition) is 6. The fraction of sp³-hybridized carbons (Fsp3) is 0.286. The van der Waals surface area contributed by atoms with Crippen LogP contribution < -0.4 is 10.1 Å². The van der Waals surface area contributed by atoms with Gasteiger partial charge in [0, 0.05) is 23.8 Å². The van der Waals surface area contributed by atoms with Gasteiger partial charge in [-0.2, -0.15) is 0 Å². The van der Waals surface area contributed by atoms with Gasteiger partial charge in [0.1, 0.15) is 5.75 Å². The number of carbonyl (C=O) groups is 3. The van der Waals surface area contributed by atoms with E-state index in [1.165, 1.54) is 18.7 Å². The molecular formula is C21H23NO5S. The minimum absolute atomic E-state index is 0.183. The van der Waals surface area contributed by atoms with Crippen LogP contribution in [0, 0.1) is 0 Å². The minimum Gasteiger partial charge on any atom is -0.497 e. The summed E-state index contributed by atoms with van der Waals surface area (Å²) in [5.74, 6) is -0.225. The molecule has 2 rings (SSSR count). The number of methoxy groups -OCH3 is 1. The highest BCUT2D eigenvalue weighted by molar-refractivity contribution is 7.98. The Bertz CT molecular complexity index is 848. The van der Waals surface area contributed by atoms with E-state index in [0.29, 0.717) is 17.7 Å². The fourth-order valence-electron chi connectivity index (χ4n) is 2.51. The summed E-state index contributed by atoms with van der Waals surface area (Å²) in [5, 5.41) is 2.70. The molecule has 0 fully saturated rings. The summed E-state index contributed by atoms with van der Waals surface area (Å²) in [6.45, 7) is 1.07. The van der Waals surface area contributed by atoms with Crippen molar-refractivity contribution < 1.29 is 23.9 Å². The topological polar surface area (TPSA) is 81.7 Å². The van der Waals surface area contributed by atoms with Crippen molar-refractivity contribution in [1.29, 1.82) is 0 Å². The van der Waals surface area contributed by atoms with Gasteiger partial charge in [0.2, 0.25) is 5.91 Å². The molecule has 0 saturated carbocycles. The SMILES string of the molecule is COc1ccc(CCC(=O)OCC(=O)c2ccc(SC)c(NC(C)=O)c2)cc1. The molecule has 0 aliphatic rings. The molecule has 0 unspecified atom stereocenters. The second kappa shape index (κ2) is 10.5. The molecule has 0 saturated heterocycles. The molecule has 2 aromatic carbocycles. The lowest BCUT2D eigenvalue weighted by Gasteiger charge is -2.10. The molecule has 1 N–H and O–H groups in total. The highest BCUT2D eigenvalue weighted by Gasteiger charge is 2.13. The zero-order chi connectivity index (χ0) is 20.5. The number of thioether (sulfide) groups is 1. The molecule has 2 aromatic rings. The molecule has 0 aliphatic heterocycles. The first kappa shape index (κ1) is 21.5. The Morgan fingerprint density at radius 2 is 1.79 bits per heavy atom. The maximum atomic E-state index is 12.3. The van der Waals surface area contributed by atoms with Crippen LogP contribution in [0.1, 0.15) is 29.3 Å². The van der Waals surface area contributed by atoms with Gasteiger partial charge >= 0.3 is 5.97 Å². The number of ether oxygens (including phenoxy) is 2. The summed E-state index contributed by atoms with van der Waals surface area (Å²) < 4.78 is 10.2. The van der Waals surface area contributed by atoms with Gasteiger partial charge in [0.15, 0.2) is 12.4 Å². The molecule has 0 heterocycles. The third kappa shape index (κ3) is 6.42. The molecule has 0 bridgehead atoms. The van der Waals surface area contributed by atoms with E-state index in [0.717, 1.165) is 16.2 Å². The number of amides is 1. The number of nitrogens with one attached hydrogen (secondary N) is 1. The maximum Gasteiger partial charge on any atom is 0.306 e. The van der Waals surface area contributed by atoms with Crippen LogP contribution in [0.3, 0.4) is 0 Å². The highest BCUT2D eigenvalue weighted by Crippen LogP contribution is 2.26. The van der Waals surface area contributed by atoms with E-state index in [2.05, 4.69) is 5.32 Å². The second-order valence-electron chi connectivity index (χ2n) is 6.03. The number of rotatable bonds is 9. The number of aryl methyl sites for hydroxylation is 1. The average Bonchev–Trinajstić information content (AvgIpc) is 2.70. The molecule has 1 amide bonds. The summed E-state index contributed by atoms with van der Waals surface area (Å²) in [6, 6.07) is 12.4. The quantitative estimate of drug-likeness (QED) is 0.392. The van der Waals surface area contributed by atoms with Crippen LogP contribution in [-0.4, -0.2) is 37.6 Å². The first-order valence-electron chi connectivity index (χ1n) is 8.70. The second-order valence-corrected chi connectivity index (χ2v) is 6.88. The predicted molar refractivity (Wildman–Crippen MR) is 109 cm³/mol. The molecule has 0 spiro atoms. The molecule has 6 nitrogen and oxygen atoms in total. The van der Waals surface area contributed by atoms with Crippen LogP contribution >= 0.6 is 11.8 Å². The van der Waals surface area contributed by atoms with Crippen molar-refractivity contribution in [1.82, 2.24) is 0 Å². The predicted octanol–water partition coefficient (Wildman–Crippen LogP) is 3.73. The molecule has 7 heteroatoms. The number of anilines is 1. The third-order valence-corrected chi connectivity index (χ3v) is 4.77. The Labute approximate surface area is 168 Å². The van der Waals surface area contributed by atoms with Gasteiger partial charge in [-0.3, -0.25) is 14.4 Å². The summed E-state index contributed by atoms with van der Waals surface area (Å²) in [4.78, 5) is 36.4. The van der Waals surface area contributed by atoms with Gasteiger partial charge in [-0.15, -0.1) is 11.8 Å². The van der Waals surface area contributed by atoms with Crippen LogP contribution in [-0.2, 0) is 20.7 Å². The first-order valence-corrected chi connectivity index (χ1v) is 9.92. The van der Waals surface area contributed by atoms with Crippen molar-refractivity contribution in [2.75, 3.05) is 25.3 Å². The zero-order valence-corrected chi connectivity index (χ0v) is 16.9. The first-order chi connectivity index (χ1) is 13.4. The van der Waals surface area contributed by atoms with Crippen LogP contribution in [0.2, 0.25) is 0 Å². The van der Waals surface area contributed by atoms with Crippen molar-refractivity contribution in [2.24, 2.45) is 0 Å². The average molecular weight is 401 g/mol.